The Morgan fingerprint density at radius 2 is 2.00 bits per heavy atom. The Bertz CT molecular complexity index is 1080. The fourth-order valence-electron chi connectivity index (χ4n) is 3.07. The number of carbonyl (C=O) groups excluding carboxylic acids is 1. The summed E-state index contributed by atoms with van der Waals surface area (Å²) in [5, 5.41) is 15.9. The monoisotopic (exact) mass is 436 g/mol. The van der Waals surface area contributed by atoms with Gasteiger partial charge in [0.15, 0.2) is 5.78 Å². The molecule has 164 valence electrons. The lowest BCUT2D eigenvalue weighted by Gasteiger charge is -2.10. The Morgan fingerprint density at radius 3 is 2.71 bits per heavy atom. The van der Waals surface area contributed by atoms with Gasteiger partial charge in [-0.25, -0.2) is 9.07 Å². The van der Waals surface area contributed by atoms with Crippen molar-refractivity contribution in [1.82, 2.24) is 20.1 Å². The van der Waals surface area contributed by atoms with Gasteiger partial charge in [-0.15, -0.1) is 0 Å². The van der Waals surface area contributed by atoms with Crippen LogP contribution in [0.4, 0.5) is 17.6 Å². The van der Waals surface area contributed by atoms with Crippen LogP contribution in [-0.2, 0) is 12.6 Å². The fraction of sp³-hybridized carbons (Fsp3) is 0.286. The van der Waals surface area contributed by atoms with Crippen LogP contribution in [0.2, 0.25) is 0 Å². The molecule has 0 bridgehead atoms. The summed E-state index contributed by atoms with van der Waals surface area (Å²) < 4.78 is 53.9. The molecule has 0 radical (unpaired) electrons. The number of aliphatic hydroxyl groups is 1. The van der Waals surface area contributed by atoms with Gasteiger partial charge in [0, 0.05) is 31.1 Å². The number of aryl methyl sites for hydroxylation is 1. The summed E-state index contributed by atoms with van der Waals surface area (Å²) in [4.78, 5) is 16.5. The minimum Gasteiger partial charge on any atom is -0.395 e. The van der Waals surface area contributed by atoms with Crippen molar-refractivity contribution in [1.29, 1.82) is 0 Å². The Labute approximate surface area is 175 Å². The third kappa shape index (κ3) is 5.74. The van der Waals surface area contributed by atoms with Crippen LogP contribution in [0.3, 0.4) is 0 Å². The lowest BCUT2D eigenvalue weighted by Crippen LogP contribution is -2.25. The minimum atomic E-state index is -4.65. The molecule has 1 aromatic carbocycles. The maximum atomic E-state index is 13.7. The molecule has 0 unspecified atom stereocenters. The molecule has 0 saturated heterocycles. The third-order valence-electron chi connectivity index (χ3n) is 4.51. The number of alkyl halides is 3. The Balaban J connectivity index is 1.82. The molecule has 2 aromatic heterocycles. The molecule has 2 N–H and O–H groups in total. The highest BCUT2D eigenvalue weighted by molar-refractivity contribution is 5.98. The van der Waals surface area contributed by atoms with Gasteiger partial charge in [0.2, 0.25) is 0 Å². The second kappa shape index (κ2) is 9.36. The minimum absolute atomic E-state index is 0.00814. The number of aliphatic hydroxyl groups excluding tert-OH is 1. The number of nitrogens with zero attached hydrogens (tertiary/aromatic N) is 3. The van der Waals surface area contributed by atoms with Crippen LogP contribution in [0.15, 0.2) is 42.7 Å². The highest BCUT2D eigenvalue weighted by Crippen LogP contribution is 2.31. The number of ketones is 1. The van der Waals surface area contributed by atoms with Crippen LogP contribution < -0.4 is 5.32 Å². The van der Waals surface area contributed by atoms with Crippen molar-refractivity contribution in [3.8, 4) is 5.69 Å². The molecular weight excluding hydrogens is 416 g/mol. The molecule has 0 amide bonds. The summed E-state index contributed by atoms with van der Waals surface area (Å²) in [5.74, 6) is -1.16. The normalized spacial score (nSPS) is 11.7. The highest BCUT2D eigenvalue weighted by Gasteiger charge is 2.31. The predicted octanol–water partition coefficient (Wildman–Crippen LogP) is 3.09. The van der Waals surface area contributed by atoms with Gasteiger partial charge in [-0.3, -0.25) is 9.78 Å². The van der Waals surface area contributed by atoms with Crippen molar-refractivity contribution in [3.63, 3.8) is 0 Å². The maximum Gasteiger partial charge on any atom is 0.416 e. The van der Waals surface area contributed by atoms with Gasteiger partial charge in [-0.2, -0.15) is 18.3 Å². The van der Waals surface area contributed by atoms with Gasteiger partial charge >= 0.3 is 6.18 Å². The van der Waals surface area contributed by atoms with Crippen LogP contribution in [0.5, 0.6) is 0 Å². The van der Waals surface area contributed by atoms with E-state index in [1.54, 1.807) is 25.3 Å². The number of pyridine rings is 1. The molecule has 0 aliphatic carbocycles. The number of halogens is 4. The summed E-state index contributed by atoms with van der Waals surface area (Å²) in [6.45, 7) is 1.95. The molecule has 0 fully saturated rings. The standard InChI is InChI=1S/C21H20F4N4O2/c1-13-19(20(31)11-26-4-5-30)12-29(28-13)18-2-3-27-17(10-18)8-14-6-15(21(23,24)25)9-16(22)7-14/h2-3,6-7,9-10,12,26,30H,4-5,8,11H2,1H3. The first-order valence-corrected chi connectivity index (χ1v) is 9.40. The molecule has 3 aromatic rings. The smallest absolute Gasteiger partial charge is 0.395 e. The van der Waals surface area contributed by atoms with E-state index in [-0.39, 0.29) is 30.9 Å². The van der Waals surface area contributed by atoms with E-state index in [0.29, 0.717) is 35.2 Å². The summed E-state index contributed by atoms with van der Waals surface area (Å²) in [6.07, 6.45) is -1.63. The molecule has 31 heavy (non-hydrogen) atoms. The van der Waals surface area contributed by atoms with Crippen molar-refractivity contribution in [3.05, 3.63) is 76.6 Å². The van der Waals surface area contributed by atoms with Crippen molar-refractivity contribution < 1.29 is 27.5 Å². The number of benzene rings is 1. The summed E-state index contributed by atoms with van der Waals surface area (Å²) in [5.41, 5.74) is 0.974. The van der Waals surface area contributed by atoms with E-state index < -0.39 is 17.6 Å². The van der Waals surface area contributed by atoms with Crippen LogP contribution in [0, 0.1) is 12.7 Å². The Morgan fingerprint density at radius 1 is 1.23 bits per heavy atom. The van der Waals surface area contributed by atoms with Crippen molar-refractivity contribution in [2.24, 2.45) is 0 Å². The molecular formula is C21H20F4N4O2. The van der Waals surface area contributed by atoms with E-state index in [9.17, 15) is 22.4 Å². The molecule has 0 atom stereocenters. The van der Waals surface area contributed by atoms with Crippen LogP contribution in [-0.4, -0.2) is 45.4 Å². The highest BCUT2D eigenvalue weighted by atomic mass is 19.4. The van der Waals surface area contributed by atoms with E-state index in [0.717, 1.165) is 12.1 Å². The molecule has 2 heterocycles. The average molecular weight is 436 g/mol. The van der Waals surface area contributed by atoms with E-state index in [1.165, 1.54) is 10.9 Å². The molecule has 0 saturated carbocycles. The summed E-state index contributed by atoms with van der Waals surface area (Å²) in [6, 6.07) is 5.64. The van der Waals surface area contributed by atoms with E-state index in [1.807, 2.05) is 0 Å². The zero-order valence-corrected chi connectivity index (χ0v) is 16.6. The first-order valence-electron chi connectivity index (χ1n) is 9.40. The summed E-state index contributed by atoms with van der Waals surface area (Å²) >= 11 is 0. The molecule has 3 rings (SSSR count). The van der Waals surface area contributed by atoms with Crippen molar-refractivity contribution >= 4 is 5.78 Å². The zero-order chi connectivity index (χ0) is 22.6. The largest absolute Gasteiger partial charge is 0.416 e. The molecule has 6 nitrogen and oxygen atoms in total. The first kappa shape index (κ1) is 22.6. The predicted molar refractivity (Wildman–Crippen MR) is 105 cm³/mol. The van der Waals surface area contributed by atoms with Crippen molar-refractivity contribution in [2.45, 2.75) is 19.5 Å². The number of hydrogen-bond acceptors (Lipinski definition) is 5. The van der Waals surface area contributed by atoms with Crippen molar-refractivity contribution in [2.75, 3.05) is 19.7 Å². The first-order chi connectivity index (χ1) is 14.7. The Hall–Kier alpha value is -3.11. The number of hydrogen-bond donors (Lipinski definition) is 2. The topological polar surface area (TPSA) is 80.0 Å². The average Bonchev–Trinajstić information content (AvgIpc) is 3.09. The second-order valence-electron chi connectivity index (χ2n) is 6.92. The van der Waals surface area contributed by atoms with Crippen LogP contribution >= 0.6 is 0 Å². The van der Waals surface area contributed by atoms with Gasteiger partial charge in [0.25, 0.3) is 0 Å². The maximum absolute atomic E-state index is 13.7. The molecule has 10 heteroatoms. The van der Waals surface area contributed by atoms with E-state index in [4.69, 9.17) is 5.11 Å². The van der Waals surface area contributed by atoms with Gasteiger partial charge in [-0.1, -0.05) is 0 Å². The van der Waals surface area contributed by atoms with Gasteiger partial charge in [0.05, 0.1) is 35.7 Å². The van der Waals surface area contributed by atoms with Gasteiger partial charge in [0.1, 0.15) is 5.82 Å². The molecule has 0 aliphatic rings. The quantitative estimate of drug-likeness (QED) is 0.322. The number of carbonyl (C=O) groups is 1. The lowest BCUT2D eigenvalue weighted by atomic mass is 10.0. The van der Waals surface area contributed by atoms with Gasteiger partial charge < -0.3 is 10.4 Å². The third-order valence-corrected chi connectivity index (χ3v) is 4.51. The fourth-order valence-corrected chi connectivity index (χ4v) is 3.07. The van der Waals surface area contributed by atoms with Gasteiger partial charge in [-0.05, 0) is 42.8 Å². The molecule has 0 spiro atoms. The molecule has 0 aliphatic heterocycles. The lowest BCUT2D eigenvalue weighted by molar-refractivity contribution is -0.137. The zero-order valence-electron chi connectivity index (χ0n) is 16.6. The second-order valence-corrected chi connectivity index (χ2v) is 6.92. The number of nitrogens with one attached hydrogen (secondary N) is 1. The summed E-state index contributed by atoms with van der Waals surface area (Å²) in [7, 11) is 0. The number of rotatable bonds is 8. The van der Waals surface area contributed by atoms with Crippen LogP contribution in [0.1, 0.15) is 32.9 Å². The van der Waals surface area contributed by atoms with E-state index in [2.05, 4.69) is 15.4 Å². The van der Waals surface area contributed by atoms with Crippen LogP contribution in [0.25, 0.3) is 5.69 Å². The van der Waals surface area contributed by atoms with E-state index >= 15 is 0 Å². The Kier molecular flexibility index (Phi) is 6.81. The SMILES string of the molecule is Cc1nn(-c2ccnc(Cc3cc(F)cc(C(F)(F)F)c3)c2)cc1C(=O)CNCCO. The number of Topliss-reactive ketones (excluding diaryl/α,β-unsaturated/α-hetero) is 1. The number of aromatic nitrogens is 3.